The van der Waals surface area contributed by atoms with Crippen molar-refractivity contribution in [3.05, 3.63) is 34.4 Å². The minimum absolute atomic E-state index is 0.226. The minimum atomic E-state index is 0.226. The summed E-state index contributed by atoms with van der Waals surface area (Å²) in [6.45, 7) is 1.73. The van der Waals surface area contributed by atoms with Crippen molar-refractivity contribution >= 4 is 0 Å². The number of rotatable bonds is 1. The highest BCUT2D eigenvalue weighted by Crippen LogP contribution is 2.15. The van der Waals surface area contributed by atoms with Crippen LogP contribution in [0.15, 0.2) is 12.1 Å². The lowest BCUT2D eigenvalue weighted by Gasteiger charge is -2.02. The van der Waals surface area contributed by atoms with E-state index in [1.165, 1.54) is 0 Å². The van der Waals surface area contributed by atoms with E-state index < -0.39 is 0 Å². The summed E-state index contributed by atoms with van der Waals surface area (Å²) >= 11 is 0. The molecule has 14 heavy (non-hydrogen) atoms. The number of hydrogen-bond acceptors (Lipinski definition) is 3. The first kappa shape index (κ1) is 9.78. The molecule has 66 valence electrons. The first-order valence-electron chi connectivity index (χ1n) is 4.03. The SMILES string of the molecule is Cc1c(C#N)cc(CC#N)cc1C#N. The molecular weight excluding hydrogens is 174 g/mol. The molecular formula is C11H7N3. The smallest absolute Gasteiger partial charge is 0.0994 e. The number of benzene rings is 1. The summed E-state index contributed by atoms with van der Waals surface area (Å²) in [5.74, 6) is 0. The summed E-state index contributed by atoms with van der Waals surface area (Å²) in [7, 11) is 0. The van der Waals surface area contributed by atoms with E-state index >= 15 is 0 Å². The fourth-order valence-electron chi connectivity index (χ4n) is 1.20. The zero-order valence-corrected chi connectivity index (χ0v) is 7.70. The third-order valence-electron chi connectivity index (χ3n) is 1.99. The second-order valence-electron chi connectivity index (χ2n) is 2.87. The minimum Gasteiger partial charge on any atom is -0.198 e. The van der Waals surface area contributed by atoms with E-state index in [9.17, 15) is 0 Å². The van der Waals surface area contributed by atoms with E-state index in [0.29, 0.717) is 22.3 Å². The lowest BCUT2D eigenvalue weighted by molar-refractivity contribution is 1.23. The average Bonchev–Trinajstić information content (AvgIpc) is 2.20. The van der Waals surface area contributed by atoms with Crippen molar-refractivity contribution in [2.24, 2.45) is 0 Å². The Kier molecular flexibility index (Phi) is 2.85. The lowest BCUT2D eigenvalue weighted by atomic mass is 9.99. The molecule has 0 saturated heterocycles. The van der Waals surface area contributed by atoms with E-state index in [4.69, 9.17) is 15.8 Å². The Balaban J connectivity index is 3.37. The molecule has 1 rings (SSSR count). The maximum absolute atomic E-state index is 8.79. The van der Waals surface area contributed by atoms with E-state index in [1.807, 2.05) is 18.2 Å². The molecule has 0 atom stereocenters. The molecule has 0 radical (unpaired) electrons. The molecule has 0 aromatic heterocycles. The van der Waals surface area contributed by atoms with Crippen LogP contribution in [0.25, 0.3) is 0 Å². The van der Waals surface area contributed by atoms with E-state index in [1.54, 1.807) is 19.1 Å². The highest BCUT2D eigenvalue weighted by atomic mass is 14.3. The summed E-state index contributed by atoms with van der Waals surface area (Å²) < 4.78 is 0. The van der Waals surface area contributed by atoms with Gasteiger partial charge in [0.2, 0.25) is 0 Å². The molecule has 0 aliphatic heterocycles. The van der Waals surface area contributed by atoms with Crippen LogP contribution in [-0.4, -0.2) is 0 Å². The van der Waals surface area contributed by atoms with Crippen LogP contribution in [-0.2, 0) is 6.42 Å². The van der Waals surface area contributed by atoms with Gasteiger partial charge in [-0.25, -0.2) is 0 Å². The molecule has 0 spiro atoms. The maximum atomic E-state index is 8.79. The topological polar surface area (TPSA) is 71.4 Å². The van der Waals surface area contributed by atoms with E-state index in [0.717, 1.165) is 0 Å². The van der Waals surface area contributed by atoms with Crippen molar-refractivity contribution in [3.63, 3.8) is 0 Å². The molecule has 3 heteroatoms. The average molecular weight is 181 g/mol. The van der Waals surface area contributed by atoms with Gasteiger partial charge in [0.25, 0.3) is 0 Å². The van der Waals surface area contributed by atoms with Crippen LogP contribution in [0.5, 0.6) is 0 Å². The van der Waals surface area contributed by atoms with E-state index in [-0.39, 0.29) is 6.42 Å². The molecule has 0 bridgehead atoms. The number of nitriles is 3. The zero-order chi connectivity index (χ0) is 10.6. The summed E-state index contributed by atoms with van der Waals surface area (Å²) in [6, 6.07) is 9.31. The van der Waals surface area contributed by atoms with Crippen molar-refractivity contribution in [3.8, 4) is 18.2 Å². The van der Waals surface area contributed by atoms with Gasteiger partial charge in [-0.3, -0.25) is 0 Å². The van der Waals surface area contributed by atoms with Gasteiger partial charge >= 0.3 is 0 Å². The fraction of sp³-hybridized carbons (Fsp3) is 0.182. The lowest BCUT2D eigenvalue weighted by Crippen LogP contribution is -1.92. The quantitative estimate of drug-likeness (QED) is 0.663. The molecule has 3 nitrogen and oxygen atoms in total. The predicted octanol–water partition coefficient (Wildman–Crippen LogP) is 1.80. The number of hydrogen-bond donors (Lipinski definition) is 0. The van der Waals surface area contributed by atoms with Crippen molar-refractivity contribution in [1.82, 2.24) is 0 Å². The molecule has 0 aliphatic rings. The van der Waals surface area contributed by atoms with Gasteiger partial charge in [0.1, 0.15) is 0 Å². The van der Waals surface area contributed by atoms with Crippen LogP contribution in [0.4, 0.5) is 0 Å². The van der Waals surface area contributed by atoms with Crippen molar-refractivity contribution < 1.29 is 0 Å². The van der Waals surface area contributed by atoms with Gasteiger partial charge in [-0.1, -0.05) is 0 Å². The van der Waals surface area contributed by atoms with Crippen molar-refractivity contribution in [1.29, 1.82) is 15.8 Å². The second-order valence-corrected chi connectivity index (χ2v) is 2.87. The van der Waals surface area contributed by atoms with Crippen LogP contribution in [0.2, 0.25) is 0 Å². The summed E-state index contributed by atoms with van der Waals surface area (Å²) in [5.41, 5.74) is 2.33. The Morgan fingerprint density at radius 2 is 1.57 bits per heavy atom. The second kappa shape index (κ2) is 4.08. The van der Waals surface area contributed by atoms with Crippen molar-refractivity contribution in [2.45, 2.75) is 13.3 Å². The Hall–Kier alpha value is -2.31. The molecule has 1 aromatic rings. The normalized spacial score (nSPS) is 8.43. The van der Waals surface area contributed by atoms with Crippen LogP contribution < -0.4 is 0 Å². The number of nitrogens with zero attached hydrogens (tertiary/aromatic N) is 3. The van der Waals surface area contributed by atoms with Crippen LogP contribution in [0.1, 0.15) is 22.3 Å². The maximum Gasteiger partial charge on any atom is 0.0994 e. The third-order valence-corrected chi connectivity index (χ3v) is 1.99. The van der Waals surface area contributed by atoms with Gasteiger partial charge < -0.3 is 0 Å². The van der Waals surface area contributed by atoms with Gasteiger partial charge in [-0.15, -0.1) is 0 Å². The molecule has 0 aliphatic carbocycles. The van der Waals surface area contributed by atoms with Gasteiger partial charge in [0.05, 0.1) is 35.8 Å². The standard InChI is InChI=1S/C11H7N3/c1-8-10(6-13)4-9(2-3-12)5-11(8)7-14/h4-5H,2H2,1H3. The van der Waals surface area contributed by atoms with Crippen LogP contribution in [0, 0.1) is 40.9 Å². The molecule has 0 unspecified atom stereocenters. The predicted molar refractivity (Wildman–Crippen MR) is 49.9 cm³/mol. The fourth-order valence-corrected chi connectivity index (χ4v) is 1.20. The highest BCUT2D eigenvalue weighted by molar-refractivity contribution is 5.50. The van der Waals surface area contributed by atoms with Gasteiger partial charge in [-0.05, 0) is 30.2 Å². The third kappa shape index (κ3) is 1.71. The first-order valence-corrected chi connectivity index (χ1v) is 4.03. The molecule has 0 saturated carbocycles. The largest absolute Gasteiger partial charge is 0.198 e. The Morgan fingerprint density at radius 3 is 1.93 bits per heavy atom. The summed E-state index contributed by atoms with van der Waals surface area (Å²) in [4.78, 5) is 0. The zero-order valence-electron chi connectivity index (χ0n) is 7.70. The van der Waals surface area contributed by atoms with Gasteiger partial charge in [0, 0.05) is 0 Å². The molecule has 0 N–H and O–H groups in total. The summed E-state index contributed by atoms with van der Waals surface area (Å²) in [5, 5.41) is 26.1. The monoisotopic (exact) mass is 181 g/mol. The summed E-state index contributed by atoms with van der Waals surface area (Å²) in [6.07, 6.45) is 0.226. The Labute approximate surface area is 82.4 Å². The van der Waals surface area contributed by atoms with Gasteiger partial charge in [-0.2, -0.15) is 15.8 Å². The molecule has 0 fully saturated rings. The Morgan fingerprint density at radius 1 is 1.07 bits per heavy atom. The van der Waals surface area contributed by atoms with Crippen LogP contribution in [0.3, 0.4) is 0 Å². The molecule has 1 aromatic carbocycles. The van der Waals surface area contributed by atoms with Gasteiger partial charge in [0.15, 0.2) is 0 Å². The molecule has 0 heterocycles. The Bertz CT molecular complexity index is 446. The van der Waals surface area contributed by atoms with E-state index in [2.05, 4.69) is 0 Å². The van der Waals surface area contributed by atoms with Crippen molar-refractivity contribution in [2.75, 3.05) is 0 Å². The highest BCUT2D eigenvalue weighted by Gasteiger charge is 2.06. The van der Waals surface area contributed by atoms with Crippen LogP contribution >= 0.6 is 0 Å². The molecule has 0 amide bonds. The first-order chi connectivity index (χ1) is 6.72.